The topological polar surface area (TPSA) is 91.8 Å². The highest BCUT2D eigenvalue weighted by atomic mass is 32.2. The van der Waals surface area contributed by atoms with Gasteiger partial charge in [-0.3, -0.25) is 4.79 Å². The van der Waals surface area contributed by atoms with E-state index in [1.807, 2.05) is 32.0 Å². The van der Waals surface area contributed by atoms with Gasteiger partial charge in [0.15, 0.2) is 5.16 Å². The molecule has 0 aliphatic heterocycles. The van der Waals surface area contributed by atoms with Crippen molar-refractivity contribution in [1.29, 1.82) is 5.26 Å². The van der Waals surface area contributed by atoms with E-state index in [0.717, 1.165) is 23.5 Å². The predicted molar refractivity (Wildman–Crippen MR) is 101 cm³/mol. The lowest BCUT2D eigenvalue weighted by Crippen LogP contribution is -2.13. The lowest BCUT2D eigenvalue weighted by molar-refractivity contribution is 0.102. The highest BCUT2D eigenvalue weighted by Gasteiger charge is 2.18. The minimum absolute atomic E-state index is 0.232. The number of rotatable bonds is 6. The lowest BCUT2D eigenvalue weighted by atomic mass is 10.2. The van der Waals surface area contributed by atoms with Gasteiger partial charge in [0.1, 0.15) is 11.6 Å². The summed E-state index contributed by atoms with van der Waals surface area (Å²) in [6.45, 7) is 3.78. The molecular weight excluding hydrogens is 348 g/mol. The van der Waals surface area contributed by atoms with E-state index in [0.29, 0.717) is 34.1 Å². The number of aromatic nitrogens is 2. The molecule has 2 heterocycles. The minimum atomic E-state index is -0.232. The second-order valence-corrected chi connectivity index (χ2v) is 6.81. The van der Waals surface area contributed by atoms with Crippen LogP contribution in [-0.4, -0.2) is 21.6 Å². The van der Waals surface area contributed by atoms with Crippen molar-refractivity contribution in [3.05, 3.63) is 47.2 Å². The number of carbonyl (C=O) groups is 1. The van der Waals surface area contributed by atoms with Crippen LogP contribution in [0.5, 0.6) is 0 Å². The Morgan fingerprint density at radius 3 is 2.77 bits per heavy atom. The molecule has 0 atom stereocenters. The van der Waals surface area contributed by atoms with Gasteiger partial charge in [-0.2, -0.15) is 10.2 Å². The van der Waals surface area contributed by atoms with Crippen LogP contribution >= 0.6 is 11.8 Å². The number of carbonyl (C=O) groups excluding carboxylic acids is 1. The van der Waals surface area contributed by atoms with Gasteiger partial charge in [0.05, 0.1) is 11.5 Å². The third kappa shape index (κ3) is 3.86. The standard InChI is InChI=1S/C19H18N4O2S/c1-12-13(2)25-18-15(12)16(21-17(24)14-8-4-3-5-9-14)22-19(23-18)26-11-7-6-10-20/h3-5,8-9H,6-7,11H2,1-2H3,(H,21,22,23,24). The van der Waals surface area contributed by atoms with Gasteiger partial charge in [0.2, 0.25) is 5.71 Å². The molecule has 0 saturated heterocycles. The van der Waals surface area contributed by atoms with Gasteiger partial charge in [-0.1, -0.05) is 30.0 Å². The monoisotopic (exact) mass is 366 g/mol. The smallest absolute Gasteiger partial charge is 0.256 e. The average molecular weight is 366 g/mol. The molecule has 0 saturated carbocycles. The van der Waals surface area contributed by atoms with Crippen molar-refractivity contribution < 1.29 is 9.21 Å². The molecule has 2 aromatic heterocycles. The molecule has 0 bridgehead atoms. The number of amides is 1. The van der Waals surface area contributed by atoms with Gasteiger partial charge in [0, 0.05) is 23.3 Å². The second kappa shape index (κ2) is 8.02. The number of hydrogen-bond donors (Lipinski definition) is 1. The summed E-state index contributed by atoms with van der Waals surface area (Å²) in [5.74, 6) is 1.69. The van der Waals surface area contributed by atoms with E-state index in [2.05, 4.69) is 21.4 Å². The highest BCUT2D eigenvalue weighted by Crippen LogP contribution is 2.31. The van der Waals surface area contributed by atoms with E-state index in [4.69, 9.17) is 9.68 Å². The van der Waals surface area contributed by atoms with Crippen LogP contribution in [0.25, 0.3) is 11.1 Å². The number of nitrogens with zero attached hydrogens (tertiary/aromatic N) is 3. The summed E-state index contributed by atoms with van der Waals surface area (Å²) in [7, 11) is 0. The number of hydrogen-bond acceptors (Lipinski definition) is 6. The maximum atomic E-state index is 12.5. The first-order valence-electron chi connectivity index (χ1n) is 8.24. The molecule has 0 aliphatic rings. The van der Waals surface area contributed by atoms with E-state index >= 15 is 0 Å². The van der Waals surface area contributed by atoms with Crippen molar-refractivity contribution in [2.75, 3.05) is 11.1 Å². The van der Waals surface area contributed by atoms with Crippen molar-refractivity contribution >= 4 is 34.6 Å². The number of anilines is 1. The average Bonchev–Trinajstić information content (AvgIpc) is 2.93. The molecule has 26 heavy (non-hydrogen) atoms. The SMILES string of the molecule is Cc1oc2nc(SCCCC#N)nc(NC(=O)c3ccccc3)c2c1C. The number of nitrogens with one attached hydrogen (secondary N) is 1. The van der Waals surface area contributed by atoms with Crippen LogP contribution in [-0.2, 0) is 0 Å². The molecule has 0 radical (unpaired) electrons. The fourth-order valence-corrected chi connectivity index (χ4v) is 3.24. The summed E-state index contributed by atoms with van der Waals surface area (Å²) in [6.07, 6.45) is 1.25. The maximum absolute atomic E-state index is 12.5. The number of unbranched alkanes of at least 4 members (excludes halogenated alkanes) is 1. The summed E-state index contributed by atoms with van der Waals surface area (Å²) in [4.78, 5) is 21.5. The fourth-order valence-electron chi connectivity index (χ4n) is 2.47. The zero-order valence-corrected chi connectivity index (χ0v) is 15.4. The van der Waals surface area contributed by atoms with Gasteiger partial charge in [-0.25, -0.2) is 4.98 Å². The van der Waals surface area contributed by atoms with Crippen LogP contribution < -0.4 is 5.32 Å². The van der Waals surface area contributed by atoms with Crippen molar-refractivity contribution in [3.8, 4) is 6.07 Å². The number of thioether (sulfide) groups is 1. The third-order valence-electron chi connectivity index (χ3n) is 3.94. The molecule has 0 aliphatic carbocycles. The third-order valence-corrected chi connectivity index (χ3v) is 4.87. The molecule has 3 rings (SSSR count). The maximum Gasteiger partial charge on any atom is 0.256 e. The van der Waals surface area contributed by atoms with Crippen LogP contribution in [0.1, 0.15) is 34.5 Å². The molecule has 0 unspecified atom stereocenters. The van der Waals surface area contributed by atoms with Crippen molar-refractivity contribution in [3.63, 3.8) is 0 Å². The zero-order chi connectivity index (χ0) is 18.5. The van der Waals surface area contributed by atoms with Crippen molar-refractivity contribution in [2.45, 2.75) is 31.8 Å². The summed E-state index contributed by atoms with van der Waals surface area (Å²) in [5, 5.41) is 12.8. The van der Waals surface area contributed by atoms with Crippen LogP contribution in [0.15, 0.2) is 39.9 Å². The van der Waals surface area contributed by atoms with E-state index in [9.17, 15) is 4.79 Å². The van der Waals surface area contributed by atoms with E-state index < -0.39 is 0 Å². The van der Waals surface area contributed by atoms with Crippen LogP contribution in [0, 0.1) is 25.2 Å². The number of fused-ring (bicyclic) bond motifs is 1. The molecule has 1 aromatic carbocycles. The molecule has 6 nitrogen and oxygen atoms in total. The van der Waals surface area contributed by atoms with Gasteiger partial charge in [-0.05, 0) is 32.4 Å². The largest absolute Gasteiger partial charge is 0.443 e. The molecule has 1 amide bonds. The Hall–Kier alpha value is -2.85. The van der Waals surface area contributed by atoms with Crippen molar-refractivity contribution in [2.24, 2.45) is 0 Å². The highest BCUT2D eigenvalue weighted by molar-refractivity contribution is 7.99. The van der Waals surface area contributed by atoms with Crippen LogP contribution in [0.2, 0.25) is 0 Å². The molecular formula is C19H18N4O2S. The Kier molecular flexibility index (Phi) is 5.54. The molecule has 7 heteroatoms. The number of benzene rings is 1. The number of nitriles is 1. The molecule has 0 spiro atoms. The first kappa shape index (κ1) is 18.0. The van der Waals surface area contributed by atoms with E-state index in [-0.39, 0.29) is 5.91 Å². The Morgan fingerprint density at radius 2 is 2.04 bits per heavy atom. The number of furan rings is 1. The first-order chi connectivity index (χ1) is 12.6. The Labute approximate surface area is 155 Å². The summed E-state index contributed by atoms with van der Waals surface area (Å²) >= 11 is 1.44. The first-order valence-corrected chi connectivity index (χ1v) is 9.22. The van der Waals surface area contributed by atoms with Crippen LogP contribution in [0.3, 0.4) is 0 Å². The normalized spacial score (nSPS) is 10.7. The van der Waals surface area contributed by atoms with E-state index in [1.165, 1.54) is 11.8 Å². The van der Waals surface area contributed by atoms with Crippen LogP contribution in [0.4, 0.5) is 5.82 Å². The van der Waals surface area contributed by atoms with Gasteiger partial charge in [0.25, 0.3) is 5.91 Å². The predicted octanol–water partition coefficient (Wildman–Crippen LogP) is 4.49. The molecule has 0 fully saturated rings. The van der Waals surface area contributed by atoms with Gasteiger partial charge >= 0.3 is 0 Å². The Morgan fingerprint density at radius 1 is 1.27 bits per heavy atom. The second-order valence-electron chi connectivity index (χ2n) is 5.75. The van der Waals surface area contributed by atoms with E-state index in [1.54, 1.807) is 12.1 Å². The molecule has 1 N–H and O–H groups in total. The molecule has 3 aromatic rings. The minimum Gasteiger partial charge on any atom is -0.443 e. The molecule has 132 valence electrons. The lowest BCUT2D eigenvalue weighted by Gasteiger charge is -2.08. The van der Waals surface area contributed by atoms with Crippen molar-refractivity contribution in [1.82, 2.24) is 9.97 Å². The van der Waals surface area contributed by atoms with Gasteiger partial charge in [-0.15, -0.1) is 0 Å². The van der Waals surface area contributed by atoms with Gasteiger partial charge < -0.3 is 9.73 Å². The zero-order valence-electron chi connectivity index (χ0n) is 14.6. The summed E-state index contributed by atoms with van der Waals surface area (Å²) < 4.78 is 5.73. The summed E-state index contributed by atoms with van der Waals surface area (Å²) in [6, 6.07) is 11.1. The quantitative estimate of drug-likeness (QED) is 0.393. The number of aryl methyl sites for hydroxylation is 2. The Bertz CT molecular complexity index is 977. The Balaban J connectivity index is 1.93. The fraction of sp³-hybridized carbons (Fsp3) is 0.263. The summed E-state index contributed by atoms with van der Waals surface area (Å²) in [5.41, 5.74) is 1.92.